The highest BCUT2D eigenvalue weighted by molar-refractivity contribution is 6.00. The van der Waals surface area contributed by atoms with Crippen LogP contribution in [-0.2, 0) is 22.4 Å². The summed E-state index contributed by atoms with van der Waals surface area (Å²) in [4.78, 5) is 58.1. The van der Waals surface area contributed by atoms with Crippen molar-refractivity contribution in [2.45, 2.75) is 70.6 Å². The zero-order valence-corrected chi connectivity index (χ0v) is 36.7. The van der Waals surface area contributed by atoms with Crippen molar-refractivity contribution >= 4 is 40.1 Å². The number of aliphatic hydroxyl groups excluding tert-OH is 1. The van der Waals surface area contributed by atoms with Gasteiger partial charge in [0.2, 0.25) is 11.5 Å². The number of aryl methyl sites for hydroxylation is 2. The Balaban J connectivity index is 0.842. The summed E-state index contributed by atoms with van der Waals surface area (Å²) in [6, 6.07) is 37.4. The second kappa shape index (κ2) is 21.2. The zero-order valence-electron chi connectivity index (χ0n) is 36.7. The molecule has 12 nitrogen and oxygen atoms in total. The number of piperidine rings is 1. The molecule has 2 amide bonds. The molecule has 1 fully saturated rings. The van der Waals surface area contributed by atoms with Crippen molar-refractivity contribution in [3.63, 3.8) is 0 Å². The van der Waals surface area contributed by atoms with Crippen molar-refractivity contribution in [2.75, 3.05) is 43.4 Å². The van der Waals surface area contributed by atoms with Gasteiger partial charge in [-0.05, 0) is 91.6 Å². The minimum atomic E-state index is -0.858. The highest BCUT2D eigenvalue weighted by Gasteiger charge is 2.24. The number of H-pyrrole nitrogens is 1. The van der Waals surface area contributed by atoms with Crippen molar-refractivity contribution in [2.24, 2.45) is 0 Å². The van der Waals surface area contributed by atoms with Gasteiger partial charge in [-0.2, -0.15) is 0 Å². The number of para-hydroxylation sites is 1. The number of phenolic OH excluding ortho intramolecular Hbond substituents is 1. The fraction of sp³-hybridized carbons (Fsp3) is 0.308. The average Bonchev–Trinajstić information content (AvgIpc) is 3.30. The van der Waals surface area contributed by atoms with Crippen LogP contribution in [0.1, 0.15) is 71.3 Å². The number of pyridine rings is 1. The summed E-state index contributed by atoms with van der Waals surface area (Å²) >= 11 is 0. The Kier molecular flexibility index (Phi) is 15.0. The SMILES string of the molecule is Cc1ccc(C(=O)CCc2cccc(CC(C)NC[C@H](O)c3ccc(O)c4[nH]c(=O)ccc34)c2)cc1N(C)C(=O)CCN1CCC(OC(=O)Nc2ccccc2-c2ccccc2)CC1. The van der Waals surface area contributed by atoms with Crippen molar-refractivity contribution in [1.82, 2.24) is 15.2 Å². The standard InChI is InChI=1S/C52H57N5O7/c1-34-16-18-39(46(58)21-17-36-10-9-11-37(31-36)30-35(2)53-33-48(60)42-19-22-47(59)51-43(42)20-23-49(61)55-51)32-45(34)56(3)50(62)26-29-57-27-24-40(25-28-57)64-52(63)54-44-15-8-7-14-41(44)38-12-5-4-6-13-38/h4-16,18-20,22-23,31-32,35,40,48,53,59-60H,17,21,24-30,33H2,1-3H3,(H,54,63)(H,55,61)/t35?,48-/m0/s1. The average molecular weight is 864 g/mol. The number of hydrogen-bond donors (Lipinski definition) is 5. The Labute approximate surface area is 373 Å². The molecule has 2 atom stereocenters. The molecule has 1 aromatic heterocycles. The Morgan fingerprint density at radius 3 is 2.42 bits per heavy atom. The van der Waals surface area contributed by atoms with Gasteiger partial charge in [0, 0.05) is 80.4 Å². The van der Waals surface area contributed by atoms with E-state index >= 15 is 0 Å². The van der Waals surface area contributed by atoms with Gasteiger partial charge in [-0.25, -0.2) is 4.79 Å². The Bertz CT molecular complexity index is 2640. The van der Waals surface area contributed by atoms with Crippen LogP contribution in [0.15, 0.2) is 126 Å². The van der Waals surface area contributed by atoms with Gasteiger partial charge in [0.05, 0.1) is 17.3 Å². The lowest BCUT2D eigenvalue weighted by Crippen LogP contribution is -2.40. The third-order valence-corrected chi connectivity index (χ3v) is 12.1. The monoisotopic (exact) mass is 863 g/mol. The lowest BCUT2D eigenvalue weighted by atomic mass is 9.98. The number of Topliss-reactive ketones (excluding diaryl/α,β-unsaturated/α-hetero) is 1. The molecule has 1 unspecified atom stereocenters. The van der Waals surface area contributed by atoms with Crippen LogP contribution in [0.3, 0.4) is 0 Å². The number of rotatable bonds is 17. The molecule has 1 aliphatic rings. The number of aromatic amines is 1. The first-order valence-corrected chi connectivity index (χ1v) is 22.0. The highest BCUT2D eigenvalue weighted by Crippen LogP contribution is 2.30. The summed E-state index contributed by atoms with van der Waals surface area (Å²) in [5.41, 5.74) is 7.54. The van der Waals surface area contributed by atoms with E-state index in [0.717, 1.165) is 27.8 Å². The maximum atomic E-state index is 13.5. The molecule has 64 heavy (non-hydrogen) atoms. The van der Waals surface area contributed by atoms with E-state index in [2.05, 4.69) is 32.7 Å². The second-order valence-electron chi connectivity index (χ2n) is 16.7. The van der Waals surface area contributed by atoms with Crippen molar-refractivity contribution < 1.29 is 29.3 Å². The number of likely N-dealkylation sites (tertiary alicyclic amines) is 1. The molecule has 0 aliphatic carbocycles. The molecular weight excluding hydrogens is 807 g/mol. The first kappa shape index (κ1) is 45.4. The summed E-state index contributed by atoms with van der Waals surface area (Å²) < 4.78 is 5.80. The number of hydrogen-bond acceptors (Lipinski definition) is 9. The maximum absolute atomic E-state index is 13.5. The van der Waals surface area contributed by atoms with Crippen molar-refractivity contribution in [3.8, 4) is 16.9 Å². The third kappa shape index (κ3) is 11.7. The molecule has 0 bridgehead atoms. The number of anilines is 2. The summed E-state index contributed by atoms with van der Waals surface area (Å²) in [5.74, 6) is -0.0877. The third-order valence-electron chi connectivity index (χ3n) is 12.1. The zero-order chi connectivity index (χ0) is 45.2. The molecule has 0 radical (unpaired) electrons. The molecule has 5 N–H and O–H groups in total. The fourth-order valence-corrected chi connectivity index (χ4v) is 8.42. The number of aromatic nitrogens is 1. The van der Waals surface area contributed by atoms with E-state index < -0.39 is 12.2 Å². The number of ether oxygens (including phenoxy) is 1. The molecule has 12 heteroatoms. The van der Waals surface area contributed by atoms with E-state index in [-0.39, 0.29) is 41.7 Å². The fourth-order valence-electron chi connectivity index (χ4n) is 8.42. The molecule has 7 rings (SSSR count). The first-order chi connectivity index (χ1) is 30.9. The quantitative estimate of drug-likeness (QED) is 0.0567. The summed E-state index contributed by atoms with van der Waals surface area (Å²) in [6.45, 7) is 6.27. The van der Waals surface area contributed by atoms with E-state index in [0.29, 0.717) is 91.6 Å². The Hall–Kier alpha value is -6.60. The normalized spacial score (nSPS) is 14.2. The number of amides is 2. The lowest BCUT2D eigenvalue weighted by molar-refractivity contribution is -0.118. The molecule has 6 aromatic rings. The van der Waals surface area contributed by atoms with Gasteiger partial charge in [-0.1, -0.05) is 91.0 Å². The minimum Gasteiger partial charge on any atom is -0.506 e. The Morgan fingerprint density at radius 2 is 1.62 bits per heavy atom. The number of nitrogens with one attached hydrogen (secondary N) is 3. The van der Waals surface area contributed by atoms with Gasteiger partial charge < -0.3 is 35.1 Å². The molecular formula is C52H57N5O7. The van der Waals surface area contributed by atoms with Crippen LogP contribution in [0, 0.1) is 6.92 Å². The molecule has 332 valence electrons. The number of aromatic hydroxyl groups is 1. The van der Waals surface area contributed by atoms with E-state index in [1.807, 2.05) is 98.8 Å². The van der Waals surface area contributed by atoms with Gasteiger partial charge in [0.1, 0.15) is 11.9 Å². The molecule has 1 saturated heterocycles. The number of phenols is 1. The van der Waals surface area contributed by atoms with Gasteiger partial charge in [-0.3, -0.25) is 19.7 Å². The summed E-state index contributed by atoms with van der Waals surface area (Å²) in [7, 11) is 1.76. The minimum absolute atomic E-state index is 0.00142. The molecule has 0 spiro atoms. The predicted octanol–water partition coefficient (Wildman–Crippen LogP) is 8.34. The van der Waals surface area contributed by atoms with E-state index in [9.17, 15) is 29.4 Å². The number of ketones is 1. The highest BCUT2D eigenvalue weighted by atomic mass is 16.6. The molecule has 5 aromatic carbocycles. The predicted molar refractivity (Wildman–Crippen MR) is 252 cm³/mol. The maximum Gasteiger partial charge on any atom is 0.411 e. The van der Waals surface area contributed by atoms with Crippen LogP contribution >= 0.6 is 0 Å². The van der Waals surface area contributed by atoms with Crippen LogP contribution in [-0.4, -0.2) is 83.3 Å². The number of benzene rings is 5. The van der Waals surface area contributed by atoms with Gasteiger partial charge >= 0.3 is 6.09 Å². The van der Waals surface area contributed by atoms with Gasteiger partial charge in [0.15, 0.2) is 5.78 Å². The van der Waals surface area contributed by atoms with E-state index in [1.54, 1.807) is 24.1 Å². The van der Waals surface area contributed by atoms with Crippen LogP contribution < -0.4 is 21.1 Å². The van der Waals surface area contributed by atoms with Crippen LogP contribution in [0.25, 0.3) is 22.0 Å². The second-order valence-corrected chi connectivity index (χ2v) is 16.7. The number of fused-ring (bicyclic) bond motifs is 1. The van der Waals surface area contributed by atoms with Gasteiger partial charge in [-0.15, -0.1) is 0 Å². The lowest BCUT2D eigenvalue weighted by Gasteiger charge is -2.32. The van der Waals surface area contributed by atoms with Gasteiger partial charge in [0.25, 0.3) is 0 Å². The number of aliphatic hydroxyl groups is 1. The van der Waals surface area contributed by atoms with Crippen LogP contribution in [0.4, 0.5) is 16.2 Å². The summed E-state index contributed by atoms with van der Waals surface area (Å²) in [5, 5.41) is 28.1. The van der Waals surface area contributed by atoms with Crippen LogP contribution in [0.5, 0.6) is 5.75 Å². The smallest absolute Gasteiger partial charge is 0.411 e. The molecule has 2 heterocycles. The van der Waals surface area contributed by atoms with Crippen molar-refractivity contribution in [1.29, 1.82) is 0 Å². The molecule has 0 saturated carbocycles. The first-order valence-electron chi connectivity index (χ1n) is 22.0. The van der Waals surface area contributed by atoms with E-state index in [4.69, 9.17) is 4.74 Å². The summed E-state index contributed by atoms with van der Waals surface area (Å²) in [6.07, 6.45) is 1.73. The largest absolute Gasteiger partial charge is 0.506 e. The number of carbonyl (C=O) groups excluding carboxylic acids is 3. The Morgan fingerprint density at radius 1 is 0.875 bits per heavy atom. The topological polar surface area (TPSA) is 164 Å². The number of carbonyl (C=O) groups is 3. The number of nitrogens with zero attached hydrogens (tertiary/aromatic N) is 2. The van der Waals surface area contributed by atoms with E-state index in [1.165, 1.54) is 12.1 Å². The molecule has 1 aliphatic heterocycles. The van der Waals surface area contributed by atoms with Crippen LogP contribution in [0.2, 0.25) is 0 Å². The van der Waals surface area contributed by atoms with Crippen molar-refractivity contribution in [3.05, 3.63) is 159 Å².